The molecule has 1 heterocycles. The van der Waals surface area contributed by atoms with Crippen molar-refractivity contribution >= 4 is 11.4 Å². The Morgan fingerprint density at radius 3 is 2.83 bits per heavy atom. The summed E-state index contributed by atoms with van der Waals surface area (Å²) in [4.78, 5) is 12.9. The summed E-state index contributed by atoms with van der Waals surface area (Å²) in [5.74, 6) is 0. The zero-order valence-electron chi connectivity index (χ0n) is 10.8. The average Bonchev–Trinajstić information content (AvgIpc) is 2.30. The van der Waals surface area contributed by atoms with Crippen molar-refractivity contribution in [2.45, 2.75) is 38.8 Å². The Bertz CT molecular complexity index is 462. The molecule has 0 amide bonds. The Morgan fingerprint density at radius 1 is 1.50 bits per heavy atom. The number of hydrogen-bond donors (Lipinski definition) is 1. The van der Waals surface area contributed by atoms with E-state index in [1.165, 1.54) is 0 Å². The van der Waals surface area contributed by atoms with E-state index in [2.05, 4.69) is 11.8 Å². The predicted octanol–water partition coefficient (Wildman–Crippen LogP) is 2.22. The van der Waals surface area contributed by atoms with Crippen molar-refractivity contribution in [1.82, 2.24) is 0 Å². The van der Waals surface area contributed by atoms with Crippen molar-refractivity contribution in [3.05, 3.63) is 33.9 Å². The average molecular weight is 249 g/mol. The highest BCUT2D eigenvalue weighted by molar-refractivity contribution is 5.62. The minimum absolute atomic E-state index is 0.189. The van der Waals surface area contributed by atoms with Gasteiger partial charge in [0.2, 0.25) is 0 Å². The van der Waals surface area contributed by atoms with Crippen LogP contribution in [-0.2, 0) is 0 Å². The lowest BCUT2D eigenvalue weighted by atomic mass is 9.97. The molecule has 1 aliphatic rings. The molecule has 1 aliphatic heterocycles. The molecule has 2 N–H and O–H groups in total. The fraction of sp³-hybridized carbons (Fsp3) is 0.538. The number of anilines is 1. The van der Waals surface area contributed by atoms with E-state index >= 15 is 0 Å². The maximum absolute atomic E-state index is 11.0. The number of rotatable bonds is 2. The predicted molar refractivity (Wildman–Crippen MR) is 71.9 cm³/mol. The van der Waals surface area contributed by atoms with Gasteiger partial charge in [-0.05, 0) is 32.8 Å². The monoisotopic (exact) mass is 249 g/mol. The lowest BCUT2D eigenvalue weighted by molar-refractivity contribution is -0.385. The molecule has 1 fully saturated rings. The van der Waals surface area contributed by atoms with Gasteiger partial charge in [-0.15, -0.1) is 0 Å². The number of hydrogen-bond acceptors (Lipinski definition) is 4. The normalized spacial score (nSPS) is 24.1. The third kappa shape index (κ3) is 2.31. The maximum Gasteiger partial charge on any atom is 0.274 e. The first-order valence-corrected chi connectivity index (χ1v) is 6.27. The lowest BCUT2D eigenvalue weighted by Crippen LogP contribution is -2.45. The van der Waals surface area contributed by atoms with Crippen LogP contribution in [0.2, 0.25) is 0 Å². The van der Waals surface area contributed by atoms with Gasteiger partial charge in [0.25, 0.3) is 5.69 Å². The van der Waals surface area contributed by atoms with Gasteiger partial charge in [0.15, 0.2) is 0 Å². The van der Waals surface area contributed by atoms with Crippen LogP contribution in [0.5, 0.6) is 0 Å². The number of nitrogens with zero attached hydrogens (tertiary/aromatic N) is 2. The van der Waals surface area contributed by atoms with Crippen LogP contribution in [0.1, 0.15) is 25.3 Å². The van der Waals surface area contributed by atoms with E-state index in [0.29, 0.717) is 6.04 Å². The van der Waals surface area contributed by atoms with Crippen molar-refractivity contribution in [1.29, 1.82) is 0 Å². The van der Waals surface area contributed by atoms with E-state index in [4.69, 9.17) is 5.73 Å². The summed E-state index contributed by atoms with van der Waals surface area (Å²) < 4.78 is 0. The van der Waals surface area contributed by atoms with Crippen LogP contribution in [0.25, 0.3) is 0 Å². The molecule has 2 unspecified atom stereocenters. The second-order valence-electron chi connectivity index (χ2n) is 5.01. The molecule has 0 bridgehead atoms. The molecule has 1 aromatic carbocycles. The Balaban J connectivity index is 2.33. The van der Waals surface area contributed by atoms with Crippen molar-refractivity contribution in [2.75, 3.05) is 11.4 Å². The summed E-state index contributed by atoms with van der Waals surface area (Å²) in [6.07, 6.45) is 1.87. The zero-order valence-corrected chi connectivity index (χ0v) is 10.8. The highest BCUT2D eigenvalue weighted by Gasteiger charge is 2.26. The first-order chi connectivity index (χ1) is 8.50. The van der Waals surface area contributed by atoms with Crippen LogP contribution < -0.4 is 10.6 Å². The van der Waals surface area contributed by atoms with Gasteiger partial charge in [0, 0.05) is 30.4 Å². The van der Waals surface area contributed by atoms with Gasteiger partial charge in [-0.1, -0.05) is 6.07 Å². The van der Waals surface area contributed by atoms with Crippen molar-refractivity contribution in [3.63, 3.8) is 0 Å². The summed E-state index contributed by atoms with van der Waals surface area (Å²) in [6, 6.07) is 5.83. The molecule has 1 saturated heterocycles. The van der Waals surface area contributed by atoms with Crippen molar-refractivity contribution in [3.8, 4) is 0 Å². The lowest BCUT2D eigenvalue weighted by Gasteiger charge is -2.38. The minimum Gasteiger partial charge on any atom is -0.368 e. The van der Waals surface area contributed by atoms with E-state index in [1.807, 2.05) is 13.0 Å². The fourth-order valence-corrected chi connectivity index (χ4v) is 2.69. The highest BCUT2D eigenvalue weighted by Crippen LogP contribution is 2.32. The fourth-order valence-electron chi connectivity index (χ4n) is 2.69. The van der Waals surface area contributed by atoms with Crippen LogP contribution in [0.3, 0.4) is 0 Å². The van der Waals surface area contributed by atoms with Crippen LogP contribution in [0.4, 0.5) is 11.4 Å². The van der Waals surface area contributed by atoms with Crippen molar-refractivity contribution < 1.29 is 4.92 Å². The quantitative estimate of drug-likeness (QED) is 0.644. The molecule has 18 heavy (non-hydrogen) atoms. The molecular weight excluding hydrogens is 230 g/mol. The second-order valence-corrected chi connectivity index (χ2v) is 5.01. The third-order valence-electron chi connectivity index (χ3n) is 3.70. The van der Waals surface area contributed by atoms with Gasteiger partial charge in [-0.2, -0.15) is 0 Å². The summed E-state index contributed by atoms with van der Waals surface area (Å²) in [6.45, 7) is 4.80. The number of nitrogens with two attached hydrogens (primary N) is 1. The summed E-state index contributed by atoms with van der Waals surface area (Å²) in [7, 11) is 0. The Hall–Kier alpha value is -1.62. The topological polar surface area (TPSA) is 72.4 Å². The van der Waals surface area contributed by atoms with E-state index in [1.54, 1.807) is 12.1 Å². The van der Waals surface area contributed by atoms with Gasteiger partial charge in [0.05, 0.1) is 10.5 Å². The molecule has 2 rings (SSSR count). The van der Waals surface area contributed by atoms with E-state index < -0.39 is 0 Å². The second kappa shape index (κ2) is 4.94. The van der Waals surface area contributed by atoms with Crippen LogP contribution >= 0.6 is 0 Å². The first kappa shape index (κ1) is 12.8. The van der Waals surface area contributed by atoms with Crippen molar-refractivity contribution in [2.24, 2.45) is 5.73 Å². The smallest absolute Gasteiger partial charge is 0.274 e. The van der Waals surface area contributed by atoms with Crippen LogP contribution in [-0.4, -0.2) is 23.6 Å². The van der Waals surface area contributed by atoms with E-state index in [-0.39, 0.29) is 16.7 Å². The van der Waals surface area contributed by atoms with Gasteiger partial charge < -0.3 is 10.6 Å². The summed E-state index contributed by atoms with van der Waals surface area (Å²) in [5, 5.41) is 11.0. The summed E-state index contributed by atoms with van der Waals surface area (Å²) in [5.41, 5.74) is 7.84. The molecule has 98 valence electrons. The Kier molecular flexibility index (Phi) is 3.52. The first-order valence-electron chi connectivity index (χ1n) is 6.27. The molecule has 2 atom stereocenters. The standard InChI is InChI=1S/C13H19N3O2/c1-9-8-11(14)6-7-15(9)12-4-3-5-13(10(12)2)16(17)18/h3-5,9,11H,6-8,14H2,1-2H3. The SMILES string of the molecule is Cc1c(N2CCC(N)CC2C)cccc1[N+](=O)[O-]. The maximum atomic E-state index is 11.0. The molecule has 1 aromatic rings. The summed E-state index contributed by atoms with van der Waals surface area (Å²) >= 11 is 0. The third-order valence-corrected chi connectivity index (χ3v) is 3.70. The molecule has 0 aliphatic carbocycles. The number of nitro groups is 1. The van der Waals surface area contributed by atoms with Crippen LogP contribution in [0.15, 0.2) is 18.2 Å². The number of piperidine rings is 1. The van der Waals surface area contributed by atoms with E-state index in [9.17, 15) is 10.1 Å². The van der Waals surface area contributed by atoms with Gasteiger partial charge in [-0.3, -0.25) is 10.1 Å². The molecule has 0 saturated carbocycles. The zero-order chi connectivity index (χ0) is 13.3. The number of benzene rings is 1. The van der Waals surface area contributed by atoms with Gasteiger partial charge in [-0.25, -0.2) is 0 Å². The van der Waals surface area contributed by atoms with E-state index in [0.717, 1.165) is 30.6 Å². The molecule has 5 nitrogen and oxygen atoms in total. The van der Waals surface area contributed by atoms with Gasteiger partial charge >= 0.3 is 0 Å². The largest absolute Gasteiger partial charge is 0.368 e. The number of nitro benzene ring substituents is 1. The van der Waals surface area contributed by atoms with Gasteiger partial charge in [0.1, 0.15) is 0 Å². The Labute approximate surface area is 107 Å². The molecule has 0 radical (unpaired) electrons. The molecule has 5 heteroatoms. The van der Waals surface area contributed by atoms with Crippen LogP contribution in [0, 0.1) is 17.0 Å². The minimum atomic E-state index is -0.320. The Morgan fingerprint density at radius 2 is 2.22 bits per heavy atom. The highest BCUT2D eigenvalue weighted by atomic mass is 16.6. The molecular formula is C13H19N3O2. The molecule has 0 spiro atoms. The molecule has 0 aromatic heterocycles.